The number of nitrogens with zero attached hydrogens (tertiary/aromatic N) is 1. The summed E-state index contributed by atoms with van der Waals surface area (Å²) in [6.45, 7) is 0.0502. The van der Waals surface area contributed by atoms with Gasteiger partial charge in [-0.3, -0.25) is 14.4 Å². The maximum Gasteiger partial charge on any atom is 0.312 e. The van der Waals surface area contributed by atoms with Crippen LogP contribution >= 0.6 is 0 Å². The van der Waals surface area contributed by atoms with Crippen LogP contribution in [0.5, 0.6) is 0 Å². The highest BCUT2D eigenvalue weighted by Gasteiger charge is 2.37. The number of benzene rings is 2. The summed E-state index contributed by atoms with van der Waals surface area (Å²) in [6.07, 6.45) is 0. The SMILES string of the molecule is O=C(O)C1CN(C(=O)c2cc(=O)[nH]c3ccccc23)c2ccccc21. The lowest BCUT2D eigenvalue weighted by atomic mass is 10.0. The number of aliphatic carboxylic acids is 1. The fourth-order valence-electron chi connectivity index (χ4n) is 3.34. The largest absolute Gasteiger partial charge is 0.481 e. The number of hydrogen-bond donors (Lipinski definition) is 2. The van der Waals surface area contributed by atoms with Crippen molar-refractivity contribution in [3.05, 3.63) is 76.1 Å². The molecular formula is C19H14N2O4. The summed E-state index contributed by atoms with van der Waals surface area (Å²) in [6, 6.07) is 15.3. The van der Waals surface area contributed by atoms with Gasteiger partial charge in [-0.15, -0.1) is 0 Å². The van der Waals surface area contributed by atoms with Crippen LogP contribution < -0.4 is 10.5 Å². The quantitative estimate of drug-likeness (QED) is 0.753. The van der Waals surface area contributed by atoms with Gasteiger partial charge in [0.05, 0.1) is 5.56 Å². The Bertz CT molecular complexity index is 1070. The fourth-order valence-corrected chi connectivity index (χ4v) is 3.34. The van der Waals surface area contributed by atoms with Gasteiger partial charge in [0.15, 0.2) is 0 Å². The third-order valence-electron chi connectivity index (χ3n) is 4.49. The highest BCUT2D eigenvalue weighted by Crippen LogP contribution is 2.37. The Labute approximate surface area is 142 Å². The lowest BCUT2D eigenvalue weighted by Crippen LogP contribution is -2.32. The van der Waals surface area contributed by atoms with E-state index in [9.17, 15) is 19.5 Å². The Morgan fingerprint density at radius 1 is 1.08 bits per heavy atom. The molecule has 2 N–H and O–H groups in total. The molecule has 1 unspecified atom stereocenters. The van der Waals surface area contributed by atoms with Crippen LogP contribution in [0.2, 0.25) is 0 Å². The number of anilines is 1. The molecule has 0 spiro atoms. The van der Waals surface area contributed by atoms with Crippen molar-refractivity contribution >= 4 is 28.5 Å². The molecule has 1 atom stereocenters. The number of fused-ring (bicyclic) bond motifs is 2. The molecule has 1 aromatic heterocycles. The molecular weight excluding hydrogens is 320 g/mol. The molecule has 0 aliphatic carbocycles. The number of aromatic nitrogens is 1. The zero-order valence-corrected chi connectivity index (χ0v) is 13.1. The Kier molecular flexibility index (Phi) is 3.39. The number of hydrogen-bond acceptors (Lipinski definition) is 3. The standard InChI is InChI=1S/C19H14N2O4/c22-17-9-13(11-5-1-3-7-15(11)20-17)18(23)21-10-14(19(24)25)12-6-2-4-8-16(12)21/h1-9,14H,10H2,(H,20,22)(H,24,25). The van der Waals surface area contributed by atoms with E-state index in [4.69, 9.17) is 0 Å². The molecule has 124 valence electrons. The normalized spacial score (nSPS) is 16.0. The predicted molar refractivity (Wildman–Crippen MR) is 93.1 cm³/mol. The van der Waals surface area contributed by atoms with Crippen molar-refractivity contribution in [2.24, 2.45) is 0 Å². The first-order chi connectivity index (χ1) is 12.1. The van der Waals surface area contributed by atoms with Gasteiger partial charge in [-0.05, 0) is 17.7 Å². The molecule has 6 heteroatoms. The van der Waals surface area contributed by atoms with Crippen LogP contribution in [-0.4, -0.2) is 28.5 Å². The predicted octanol–water partition coefficient (Wildman–Crippen LogP) is 2.36. The van der Waals surface area contributed by atoms with Crippen LogP contribution in [0.25, 0.3) is 10.9 Å². The molecule has 1 aliphatic rings. The van der Waals surface area contributed by atoms with Crippen molar-refractivity contribution in [2.45, 2.75) is 5.92 Å². The molecule has 1 aliphatic heterocycles. The molecule has 1 amide bonds. The average molecular weight is 334 g/mol. The Hall–Kier alpha value is -3.41. The topological polar surface area (TPSA) is 90.5 Å². The maximum atomic E-state index is 13.1. The molecule has 25 heavy (non-hydrogen) atoms. The summed E-state index contributed by atoms with van der Waals surface area (Å²) in [5.41, 5.74) is 1.65. The van der Waals surface area contributed by atoms with Gasteiger partial charge in [0.1, 0.15) is 5.92 Å². The number of nitrogens with one attached hydrogen (secondary N) is 1. The second-order valence-corrected chi connectivity index (χ2v) is 5.96. The van der Waals surface area contributed by atoms with Gasteiger partial charge in [-0.2, -0.15) is 0 Å². The van der Waals surface area contributed by atoms with Crippen molar-refractivity contribution in [3.8, 4) is 0 Å². The van der Waals surface area contributed by atoms with Gasteiger partial charge < -0.3 is 15.0 Å². The number of rotatable bonds is 2. The van der Waals surface area contributed by atoms with E-state index in [-0.39, 0.29) is 23.6 Å². The minimum Gasteiger partial charge on any atom is -0.481 e. The monoisotopic (exact) mass is 334 g/mol. The van der Waals surface area contributed by atoms with Crippen LogP contribution in [0.3, 0.4) is 0 Å². The number of H-pyrrole nitrogens is 1. The van der Waals surface area contributed by atoms with E-state index in [0.29, 0.717) is 22.2 Å². The summed E-state index contributed by atoms with van der Waals surface area (Å²) < 4.78 is 0. The highest BCUT2D eigenvalue weighted by molar-refractivity contribution is 6.15. The van der Waals surface area contributed by atoms with Crippen molar-refractivity contribution in [1.29, 1.82) is 0 Å². The second-order valence-electron chi connectivity index (χ2n) is 5.96. The van der Waals surface area contributed by atoms with Gasteiger partial charge in [0.25, 0.3) is 5.91 Å². The smallest absolute Gasteiger partial charge is 0.312 e. The van der Waals surface area contributed by atoms with Gasteiger partial charge in [0, 0.05) is 29.2 Å². The Balaban J connectivity index is 1.86. The summed E-state index contributed by atoms with van der Waals surface area (Å²) in [4.78, 5) is 40.7. The molecule has 0 saturated heterocycles. The van der Waals surface area contributed by atoms with Crippen LogP contribution in [-0.2, 0) is 4.79 Å². The average Bonchev–Trinajstić information content (AvgIpc) is 3.00. The minimum absolute atomic E-state index is 0.0502. The first-order valence-corrected chi connectivity index (χ1v) is 7.82. The van der Waals surface area contributed by atoms with E-state index in [1.54, 1.807) is 48.5 Å². The number of carboxylic acid groups (broad SMARTS) is 1. The molecule has 0 radical (unpaired) electrons. The number of amides is 1. The Morgan fingerprint density at radius 2 is 1.80 bits per heavy atom. The maximum absolute atomic E-state index is 13.1. The van der Waals surface area contributed by atoms with E-state index in [0.717, 1.165) is 0 Å². The van der Waals surface area contributed by atoms with Crippen LogP contribution in [0.1, 0.15) is 21.8 Å². The fraction of sp³-hybridized carbons (Fsp3) is 0.105. The molecule has 0 saturated carbocycles. The van der Waals surface area contributed by atoms with Crippen LogP contribution in [0.4, 0.5) is 5.69 Å². The Morgan fingerprint density at radius 3 is 2.60 bits per heavy atom. The lowest BCUT2D eigenvalue weighted by molar-refractivity contribution is -0.138. The van der Waals surface area contributed by atoms with Crippen molar-refractivity contribution in [2.75, 3.05) is 11.4 Å². The summed E-state index contributed by atoms with van der Waals surface area (Å²) in [7, 11) is 0. The van der Waals surface area contributed by atoms with Gasteiger partial charge in [-0.25, -0.2) is 0 Å². The lowest BCUT2D eigenvalue weighted by Gasteiger charge is -2.18. The number of aromatic amines is 1. The van der Waals surface area contributed by atoms with Crippen LogP contribution in [0.15, 0.2) is 59.4 Å². The number of pyridine rings is 1. The zero-order valence-electron chi connectivity index (χ0n) is 13.1. The van der Waals surface area contributed by atoms with Gasteiger partial charge >= 0.3 is 5.97 Å². The molecule has 0 fully saturated rings. The van der Waals surface area contributed by atoms with Gasteiger partial charge in [-0.1, -0.05) is 36.4 Å². The summed E-state index contributed by atoms with van der Waals surface area (Å²) in [5, 5.41) is 10.1. The first-order valence-electron chi connectivity index (χ1n) is 7.82. The van der Waals surface area contributed by atoms with Crippen LogP contribution in [0, 0.1) is 0 Å². The first kappa shape index (κ1) is 15.1. The highest BCUT2D eigenvalue weighted by atomic mass is 16.4. The van der Waals surface area contributed by atoms with Crippen molar-refractivity contribution in [3.63, 3.8) is 0 Å². The summed E-state index contributed by atoms with van der Waals surface area (Å²) in [5.74, 6) is -2.12. The molecule has 6 nitrogen and oxygen atoms in total. The molecule has 3 aromatic rings. The second kappa shape index (κ2) is 5.59. The number of para-hydroxylation sites is 2. The number of carbonyl (C=O) groups excluding carboxylic acids is 1. The molecule has 2 heterocycles. The summed E-state index contributed by atoms with van der Waals surface area (Å²) >= 11 is 0. The number of carboxylic acids is 1. The minimum atomic E-state index is -0.974. The zero-order chi connectivity index (χ0) is 17.6. The number of carbonyl (C=O) groups is 2. The van der Waals surface area contributed by atoms with E-state index in [1.165, 1.54) is 11.0 Å². The third kappa shape index (κ3) is 2.39. The van der Waals surface area contributed by atoms with Gasteiger partial charge in [0.2, 0.25) is 5.56 Å². The molecule has 2 aromatic carbocycles. The van der Waals surface area contributed by atoms with Crippen molar-refractivity contribution in [1.82, 2.24) is 4.98 Å². The van der Waals surface area contributed by atoms with E-state index >= 15 is 0 Å². The van der Waals surface area contributed by atoms with Crippen molar-refractivity contribution < 1.29 is 14.7 Å². The van der Waals surface area contributed by atoms with E-state index in [1.807, 2.05) is 0 Å². The molecule has 4 rings (SSSR count). The van der Waals surface area contributed by atoms with E-state index < -0.39 is 11.9 Å². The third-order valence-corrected chi connectivity index (χ3v) is 4.49. The van der Waals surface area contributed by atoms with E-state index in [2.05, 4.69) is 4.98 Å². The molecule has 0 bridgehead atoms.